The van der Waals surface area contributed by atoms with Crippen LogP contribution in [0.15, 0.2) is 48.5 Å². The van der Waals surface area contributed by atoms with Crippen LogP contribution < -0.4 is 0 Å². The summed E-state index contributed by atoms with van der Waals surface area (Å²) in [5, 5.41) is 9.72. The molecule has 1 saturated carbocycles. The fraction of sp³-hybridized carbons (Fsp3) is 0.318. The first kappa shape index (κ1) is 20.9. The molecule has 1 unspecified atom stereocenters. The molecule has 0 aliphatic heterocycles. The minimum Gasteiger partial charge on any atom is -0.508 e. The number of amides is 1. The van der Waals surface area contributed by atoms with E-state index in [1.165, 1.54) is 29.2 Å². The molecule has 0 radical (unpaired) electrons. The number of hydrogen-bond donors (Lipinski definition) is 1. The van der Waals surface area contributed by atoms with E-state index in [9.17, 15) is 19.5 Å². The van der Waals surface area contributed by atoms with Gasteiger partial charge in [-0.15, -0.1) is 0 Å². The zero-order valence-corrected chi connectivity index (χ0v) is 16.8. The summed E-state index contributed by atoms with van der Waals surface area (Å²) in [5.74, 6) is -1.23. The van der Waals surface area contributed by atoms with Crippen LogP contribution in [0.2, 0.25) is 5.02 Å². The van der Waals surface area contributed by atoms with Gasteiger partial charge >= 0.3 is 5.97 Å². The van der Waals surface area contributed by atoms with E-state index in [1.807, 2.05) is 0 Å². The molecule has 0 saturated heterocycles. The molecule has 0 heterocycles. The second-order valence-electron chi connectivity index (χ2n) is 7.05. The van der Waals surface area contributed by atoms with E-state index in [1.54, 1.807) is 31.3 Å². The molecule has 0 bridgehead atoms. The SMILES string of the molecule is CN(C(=O)COC(=O)c1ccc(O)cc1)C1(c2ccccc2Cl)CCCCC1=O. The maximum absolute atomic E-state index is 13.0. The molecule has 1 N–H and O–H groups in total. The second-order valence-corrected chi connectivity index (χ2v) is 7.45. The third-order valence-corrected chi connectivity index (χ3v) is 5.68. The number of benzene rings is 2. The average molecular weight is 416 g/mol. The van der Waals surface area contributed by atoms with Crippen molar-refractivity contribution in [3.05, 3.63) is 64.7 Å². The highest BCUT2D eigenvalue weighted by Crippen LogP contribution is 2.42. The van der Waals surface area contributed by atoms with E-state index < -0.39 is 24.0 Å². The minimum atomic E-state index is -1.17. The fourth-order valence-corrected chi connectivity index (χ4v) is 4.04. The highest BCUT2D eigenvalue weighted by Gasteiger charge is 2.47. The van der Waals surface area contributed by atoms with Crippen molar-refractivity contribution < 1.29 is 24.2 Å². The van der Waals surface area contributed by atoms with E-state index in [0.29, 0.717) is 23.4 Å². The van der Waals surface area contributed by atoms with Crippen molar-refractivity contribution >= 4 is 29.3 Å². The second kappa shape index (κ2) is 8.66. The standard InChI is InChI=1S/C22H22ClNO5/c1-24(20(27)14-29-21(28)15-9-11-16(25)12-10-15)22(13-5-4-8-19(22)26)17-6-2-3-7-18(17)23/h2-3,6-7,9-12,25H,4-5,8,13-14H2,1H3. The number of ketones is 1. The van der Waals surface area contributed by atoms with Gasteiger partial charge in [-0.3, -0.25) is 9.59 Å². The number of esters is 1. The Balaban J connectivity index is 1.81. The summed E-state index contributed by atoms with van der Waals surface area (Å²) in [6.07, 6.45) is 2.37. The molecule has 0 spiro atoms. The van der Waals surface area contributed by atoms with Crippen LogP contribution in [0, 0.1) is 0 Å². The van der Waals surface area contributed by atoms with Crippen LogP contribution in [-0.4, -0.2) is 41.3 Å². The van der Waals surface area contributed by atoms with Crippen molar-refractivity contribution in [1.82, 2.24) is 4.90 Å². The molecule has 6 nitrogen and oxygen atoms in total. The number of carbonyl (C=O) groups is 3. The summed E-state index contributed by atoms with van der Waals surface area (Å²) < 4.78 is 5.13. The summed E-state index contributed by atoms with van der Waals surface area (Å²) in [5.41, 5.74) is -0.363. The Morgan fingerprint density at radius 2 is 1.83 bits per heavy atom. The third-order valence-electron chi connectivity index (χ3n) is 5.35. The lowest BCUT2D eigenvalue weighted by Crippen LogP contribution is -2.55. The van der Waals surface area contributed by atoms with Gasteiger partial charge in [-0.05, 0) is 49.6 Å². The van der Waals surface area contributed by atoms with Crippen LogP contribution in [0.5, 0.6) is 5.75 Å². The maximum atomic E-state index is 13.0. The van der Waals surface area contributed by atoms with Crippen LogP contribution in [-0.2, 0) is 19.9 Å². The van der Waals surface area contributed by atoms with Crippen molar-refractivity contribution in [2.75, 3.05) is 13.7 Å². The Labute approximate surface area is 174 Å². The normalized spacial score (nSPS) is 18.9. The van der Waals surface area contributed by atoms with Crippen LogP contribution in [0.3, 0.4) is 0 Å². The number of aromatic hydroxyl groups is 1. The van der Waals surface area contributed by atoms with Crippen LogP contribution in [0.4, 0.5) is 0 Å². The highest BCUT2D eigenvalue weighted by atomic mass is 35.5. The largest absolute Gasteiger partial charge is 0.508 e. The lowest BCUT2D eigenvalue weighted by molar-refractivity contribution is -0.150. The van der Waals surface area contributed by atoms with Gasteiger partial charge in [0, 0.05) is 24.1 Å². The number of Topliss-reactive ketones (excluding diaryl/α,β-unsaturated/α-hetero) is 1. The van der Waals surface area contributed by atoms with Gasteiger partial charge in [-0.25, -0.2) is 4.79 Å². The van der Waals surface area contributed by atoms with Gasteiger partial charge in [0.05, 0.1) is 5.56 Å². The monoisotopic (exact) mass is 415 g/mol. The van der Waals surface area contributed by atoms with Gasteiger partial charge in [0.25, 0.3) is 5.91 Å². The Kier molecular flexibility index (Phi) is 6.23. The lowest BCUT2D eigenvalue weighted by Gasteiger charge is -2.43. The summed E-state index contributed by atoms with van der Waals surface area (Å²) in [6.45, 7) is -0.504. The fourth-order valence-electron chi connectivity index (χ4n) is 3.75. The van der Waals surface area contributed by atoms with Crippen molar-refractivity contribution in [2.24, 2.45) is 0 Å². The maximum Gasteiger partial charge on any atom is 0.338 e. The number of halogens is 1. The van der Waals surface area contributed by atoms with Gasteiger partial charge in [0.2, 0.25) is 0 Å². The molecule has 2 aromatic rings. The molecular weight excluding hydrogens is 394 g/mol. The zero-order valence-electron chi connectivity index (χ0n) is 16.1. The summed E-state index contributed by atoms with van der Waals surface area (Å²) in [7, 11) is 1.54. The predicted octanol–water partition coefficient (Wildman–Crippen LogP) is 3.70. The number of hydrogen-bond acceptors (Lipinski definition) is 5. The van der Waals surface area contributed by atoms with E-state index in [2.05, 4.69) is 0 Å². The summed E-state index contributed by atoms with van der Waals surface area (Å²) in [4.78, 5) is 39.4. The van der Waals surface area contributed by atoms with Crippen LogP contribution >= 0.6 is 11.6 Å². The number of phenols is 1. The molecular formula is C22H22ClNO5. The van der Waals surface area contributed by atoms with E-state index in [0.717, 1.165) is 12.8 Å². The van der Waals surface area contributed by atoms with Crippen molar-refractivity contribution in [3.8, 4) is 5.75 Å². The summed E-state index contributed by atoms with van der Waals surface area (Å²) in [6, 6.07) is 12.5. The van der Waals surface area contributed by atoms with Gasteiger partial charge in [0.15, 0.2) is 12.4 Å². The summed E-state index contributed by atoms with van der Waals surface area (Å²) >= 11 is 6.39. The van der Waals surface area contributed by atoms with Gasteiger partial charge in [0.1, 0.15) is 11.3 Å². The number of nitrogens with zero attached hydrogens (tertiary/aromatic N) is 1. The highest BCUT2D eigenvalue weighted by molar-refractivity contribution is 6.31. The average Bonchev–Trinajstić information content (AvgIpc) is 2.73. The molecule has 1 atom stereocenters. The Morgan fingerprint density at radius 1 is 1.14 bits per heavy atom. The Bertz CT molecular complexity index is 927. The molecule has 2 aromatic carbocycles. The molecule has 1 aliphatic rings. The number of ether oxygens (including phenoxy) is 1. The first-order valence-electron chi connectivity index (χ1n) is 9.37. The lowest BCUT2D eigenvalue weighted by atomic mass is 9.74. The van der Waals surface area contributed by atoms with Crippen LogP contribution in [0.1, 0.15) is 41.6 Å². The smallest absolute Gasteiger partial charge is 0.338 e. The van der Waals surface area contributed by atoms with E-state index in [4.69, 9.17) is 16.3 Å². The molecule has 3 rings (SSSR count). The Hall–Kier alpha value is -2.86. The van der Waals surface area contributed by atoms with E-state index in [-0.39, 0.29) is 17.1 Å². The Morgan fingerprint density at radius 3 is 2.48 bits per heavy atom. The van der Waals surface area contributed by atoms with E-state index >= 15 is 0 Å². The van der Waals surface area contributed by atoms with Crippen molar-refractivity contribution in [2.45, 2.75) is 31.2 Å². The first-order valence-corrected chi connectivity index (χ1v) is 9.75. The van der Waals surface area contributed by atoms with Gasteiger partial charge in [-0.1, -0.05) is 29.8 Å². The molecule has 1 fully saturated rings. The predicted molar refractivity (Wildman–Crippen MR) is 108 cm³/mol. The number of carbonyl (C=O) groups excluding carboxylic acids is 3. The molecule has 1 aliphatic carbocycles. The number of likely N-dealkylation sites (N-methyl/N-ethyl adjacent to an activating group) is 1. The van der Waals surface area contributed by atoms with Gasteiger partial charge < -0.3 is 14.7 Å². The van der Waals surface area contributed by atoms with Crippen molar-refractivity contribution in [1.29, 1.82) is 0 Å². The number of rotatable bonds is 5. The first-order chi connectivity index (χ1) is 13.9. The quantitative estimate of drug-likeness (QED) is 0.753. The van der Waals surface area contributed by atoms with Crippen LogP contribution in [0.25, 0.3) is 0 Å². The minimum absolute atomic E-state index is 0.0230. The number of phenolic OH excluding ortho intramolecular Hbond substituents is 1. The molecule has 7 heteroatoms. The topological polar surface area (TPSA) is 83.9 Å². The third kappa shape index (κ3) is 4.12. The molecule has 152 valence electrons. The van der Waals surface area contributed by atoms with Gasteiger partial charge in [-0.2, -0.15) is 0 Å². The molecule has 29 heavy (non-hydrogen) atoms. The molecule has 1 amide bonds. The zero-order chi connectivity index (χ0) is 21.0. The molecule has 0 aromatic heterocycles. The van der Waals surface area contributed by atoms with Crippen molar-refractivity contribution in [3.63, 3.8) is 0 Å².